The Kier molecular flexibility index (Phi) is 7.50. The molecule has 0 unspecified atom stereocenters. The fraction of sp³-hybridized carbons (Fsp3) is 0.188. The SMILES string of the molecule is CCC[n+]1cccc2cc(NC(=O)c3ccc(C(=O)Nc4ccc5c(ccc[n+]5CCC)c4)c(N)c3)ccc21. The summed E-state index contributed by atoms with van der Waals surface area (Å²) >= 11 is 0. The molecule has 4 N–H and O–H groups in total. The minimum atomic E-state index is -0.328. The Bertz CT molecular complexity index is 1700. The number of carbonyl (C=O) groups is 2. The lowest BCUT2D eigenvalue weighted by atomic mass is 10.1. The molecule has 3 aromatic carbocycles. The number of anilines is 3. The van der Waals surface area contributed by atoms with E-state index in [1.807, 2.05) is 60.7 Å². The molecule has 39 heavy (non-hydrogen) atoms. The third kappa shape index (κ3) is 5.57. The molecule has 0 atom stereocenters. The molecule has 7 heteroatoms. The second-order valence-corrected chi connectivity index (χ2v) is 9.66. The summed E-state index contributed by atoms with van der Waals surface area (Å²) in [6, 6.07) is 24.5. The summed E-state index contributed by atoms with van der Waals surface area (Å²) in [5.74, 6) is -0.619. The monoisotopic (exact) mass is 519 g/mol. The zero-order valence-electron chi connectivity index (χ0n) is 22.3. The van der Waals surface area contributed by atoms with Gasteiger partial charge in [-0.15, -0.1) is 0 Å². The lowest BCUT2D eigenvalue weighted by Gasteiger charge is -2.11. The number of hydrogen-bond donors (Lipinski definition) is 3. The van der Waals surface area contributed by atoms with Crippen molar-refractivity contribution in [2.24, 2.45) is 0 Å². The number of fused-ring (bicyclic) bond motifs is 2. The molecule has 2 aromatic heterocycles. The predicted octanol–water partition coefficient (Wildman–Crippen LogP) is 5.47. The van der Waals surface area contributed by atoms with Crippen molar-refractivity contribution in [1.29, 1.82) is 0 Å². The van der Waals surface area contributed by atoms with Crippen LogP contribution in [0.3, 0.4) is 0 Å². The van der Waals surface area contributed by atoms with Crippen molar-refractivity contribution in [1.82, 2.24) is 0 Å². The highest BCUT2D eigenvalue weighted by atomic mass is 16.2. The minimum Gasteiger partial charge on any atom is -0.398 e. The van der Waals surface area contributed by atoms with E-state index < -0.39 is 0 Å². The van der Waals surface area contributed by atoms with Gasteiger partial charge in [0.2, 0.25) is 11.0 Å². The third-order valence-electron chi connectivity index (χ3n) is 6.76. The number of aryl methyl sites for hydroxylation is 2. The number of nitrogens with one attached hydrogen (secondary N) is 2. The van der Waals surface area contributed by atoms with Crippen molar-refractivity contribution in [2.75, 3.05) is 16.4 Å². The number of amides is 2. The van der Waals surface area contributed by atoms with Gasteiger partial charge >= 0.3 is 0 Å². The summed E-state index contributed by atoms with van der Waals surface area (Å²) in [5.41, 5.74) is 10.7. The van der Waals surface area contributed by atoms with Gasteiger partial charge in [-0.2, -0.15) is 9.13 Å². The highest BCUT2D eigenvalue weighted by Gasteiger charge is 2.16. The molecule has 196 valence electrons. The van der Waals surface area contributed by atoms with Gasteiger partial charge in [0, 0.05) is 70.5 Å². The number of nitrogens with zero attached hydrogens (tertiary/aromatic N) is 2. The lowest BCUT2D eigenvalue weighted by Crippen LogP contribution is -2.33. The highest BCUT2D eigenvalue weighted by Crippen LogP contribution is 2.22. The fourth-order valence-corrected chi connectivity index (χ4v) is 4.90. The van der Waals surface area contributed by atoms with Gasteiger partial charge in [0.15, 0.2) is 12.4 Å². The normalized spacial score (nSPS) is 11.0. The highest BCUT2D eigenvalue weighted by molar-refractivity contribution is 6.11. The summed E-state index contributed by atoms with van der Waals surface area (Å²) in [6.07, 6.45) is 6.20. The van der Waals surface area contributed by atoms with E-state index in [0.717, 1.165) is 47.7 Å². The standard InChI is InChI=1S/C32H31N5O2/c1-3-15-36-17-5-7-22-19-25(10-13-29(22)36)34-31(38)24-9-12-27(28(33)21-24)32(39)35-26-11-14-30-23(20-26)8-6-18-37(30)16-4-2/h5-14,17-21H,3-4,15-16H2,1-2H3,(H2-2,33,34,35,38,39)/p+2. The van der Waals surface area contributed by atoms with Crippen LogP contribution in [0.2, 0.25) is 0 Å². The Balaban J connectivity index is 1.30. The number of rotatable bonds is 8. The molecule has 5 aromatic rings. The Morgan fingerprint density at radius 2 is 1.23 bits per heavy atom. The smallest absolute Gasteiger partial charge is 0.257 e. The van der Waals surface area contributed by atoms with Gasteiger partial charge in [-0.05, 0) is 54.6 Å². The first-order valence-electron chi connectivity index (χ1n) is 13.3. The van der Waals surface area contributed by atoms with E-state index in [0.29, 0.717) is 22.5 Å². The van der Waals surface area contributed by atoms with Crippen LogP contribution in [-0.4, -0.2) is 11.8 Å². The molecule has 0 bridgehead atoms. The summed E-state index contributed by atoms with van der Waals surface area (Å²) in [4.78, 5) is 26.0. The van der Waals surface area contributed by atoms with Crippen LogP contribution in [0.1, 0.15) is 47.4 Å². The van der Waals surface area contributed by atoms with Crippen LogP contribution >= 0.6 is 0 Å². The maximum Gasteiger partial charge on any atom is 0.257 e. The number of aromatic nitrogens is 2. The van der Waals surface area contributed by atoms with Gasteiger partial charge in [0.25, 0.3) is 11.8 Å². The van der Waals surface area contributed by atoms with Gasteiger partial charge in [-0.25, -0.2) is 0 Å². The average Bonchev–Trinajstić information content (AvgIpc) is 2.93. The molecule has 0 radical (unpaired) electrons. The Hall–Kier alpha value is -4.78. The van der Waals surface area contributed by atoms with Crippen molar-refractivity contribution in [3.63, 3.8) is 0 Å². The number of nitrogen functional groups attached to an aromatic ring is 1. The maximum absolute atomic E-state index is 13.0. The van der Waals surface area contributed by atoms with E-state index in [4.69, 9.17) is 5.73 Å². The van der Waals surface area contributed by atoms with Crippen LogP contribution < -0.4 is 25.5 Å². The number of nitrogens with two attached hydrogens (primary N) is 1. The zero-order chi connectivity index (χ0) is 27.4. The first kappa shape index (κ1) is 25.9. The Morgan fingerprint density at radius 3 is 1.74 bits per heavy atom. The van der Waals surface area contributed by atoms with Gasteiger partial charge in [0.05, 0.1) is 5.56 Å². The van der Waals surface area contributed by atoms with Crippen molar-refractivity contribution < 1.29 is 18.7 Å². The van der Waals surface area contributed by atoms with Crippen molar-refractivity contribution in [2.45, 2.75) is 39.8 Å². The summed E-state index contributed by atoms with van der Waals surface area (Å²) in [5, 5.41) is 7.96. The molecule has 0 spiro atoms. The van der Waals surface area contributed by atoms with Gasteiger partial charge in [-0.1, -0.05) is 13.8 Å². The molecule has 5 rings (SSSR count). The second-order valence-electron chi connectivity index (χ2n) is 9.66. The Labute approximate surface area is 227 Å². The molecule has 0 fully saturated rings. The van der Waals surface area contributed by atoms with E-state index in [1.54, 1.807) is 12.1 Å². The molecule has 0 aliphatic carbocycles. The van der Waals surface area contributed by atoms with Crippen molar-refractivity contribution in [3.05, 3.63) is 102 Å². The zero-order valence-corrected chi connectivity index (χ0v) is 22.3. The average molecular weight is 520 g/mol. The van der Waals surface area contributed by atoms with Crippen LogP contribution in [0.15, 0.2) is 91.3 Å². The molecule has 0 saturated heterocycles. The maximum atomic E-state index is 13.0. The number of pyridine rings is 2. The third-order valence-corrected chi connectivity index (χ3v) is 6.76. The van der Waals surface area contributed by atoms with Crippen LogP contribution in [0.4, 0.5) is 17.1 Å². The largest absolute Gasteiger partial charge is 0.398 e. The van der Waals surface area contributed by atoms with Crippen molar-refractivity contribution >= 4 is 50.7 Å². The Morgan fingerprint density at radius 1 is 0.692 bits per heavy atom. The minimum absolute atomic E-state index is 0.237. The summed E-state index contributed by atoms with van der Waals surface area (Å²) < 4.78 is 4.40. The fourth-order valence-electron chi connectivity index (χ4n) is 4.90. The topological polar surface area (TPSA) is 92.0 Å². The van der Waals surface area contributed by atoms with Gasteiger partial charge < -0.3 is 16.4 Å². The molecule has 0 saturated carbocycles. The predicted molar refractivity (Wildman–Crippen MR) is 156 cm³/mol. The van der Waals surface area contributed by atoms with E-state index in [1.165, 1.54) is 6.07 Å². The van der Waals surface area contributed by atoms with E-state index in [9.17, 15) is 9.59 Å². The van der Waals surface area contributed by atoms with E-state index in [2.05, 4.69) is 46.0 Å². The molecule has 2 amide bonds. The van der Waals surface area contributed by atoms with Crippen LogP contribution in [0.5, 0.6) is 0 Å². The molecule has 2 heterocycles. The van der Waals surface area contributed by atoms with E-state index >= 15 is 0 Å². The number of hydrogen-bond acceptors (Lipinski definition) is 3. The van der Waals surface area contributed by atoms with Crippen molar-refractivity contribution in [3.8, 4) is 0 Å². The number of benzene rings is 3. The van der Waals surface area contributed by atoms with Gasteiger partial charge in [0.1, 0.15) is 13.1 Å². The molecule has 0 aliphatic heterocycles. The summed E-state index contributed by atoms with van der Waals surface area (Å²) in [7, 11) is 0. The second kappa shape index (κ2) is 11.3. The van der Waals surface area contributed by atoms with Crippen LogP contribution in [0, 0.1) is 0 Å². The van der Waals surface area contributed by atoms with Gasteiger partial charge in [-0.3, -0.25) is 9.59 Å². The first-order chi connectivity index (χ1) is 19.0. The first-order valence-corrected chi connectivity index (χ1v) is 13.3. The number of carbonyl (C=O) groups excluding carboxylic acids is 2. The lowest BCUT2D eigenvalue weighted by molar-refractivity contribution is -0.671. The van der Waals surface area contributed by atoms with Crippen LogP contribution in [0.25, 0.3) is 21.8 Å². The van der Waals surface area contributed by atoms with Crippen LogP contribution in [-0.2, 0) is 13.1 Å². The molecule has 7 nitrogen and oxygen atoms in total. The summed E-state index contributed by atoms with van der Waals surface area (Å²) in [6.45, 7) is 6.15. The van der Waals surface area contributed by atoms with E-state index in [-0.39, 0.29) is 17.5 Å². The quantitative estimate of drug-likeness (QED) is 0.187. The molecular formula is C32H33N5O2+2. The molecular weight excluding hydrogens is 486 g/mol. The molecule has 0 aliphatic rings.